The molecule has 0 saturated carbocycles. The monoisotopic (exact) mass is 587 g/mol. The molecule has 2 aromatic heterocycles. The number of rotatable bonds is 4. The summed E-state index contributed by atoms with van der Waals surface area (Å²) in [5.74, 6) is 0. The van der Waals surface area contributed by atoms with Crippen molar-refractivity contribution in [2.24, 2.45) is 0 Å². The Bertz CT molecular complexity index is 2650. The van der Waals surface area contributed by atoms with Crippen molar-refractivity contribution < 1.29 is 8.83 Å². The number of benzene rings is 7. The lowest BCUT2D eigenvalue weighted by Crippen LogP contribution is -1.91. The molecule has 46 heavy (non-hydrogen) atoms. The fourth-order valence-corrected chi connectivity index (χ4v) is 6.72. The average molecular weight is 588 g/mol. The molecule has 2 heterocycles. The molecule has 3 heteroatoms. The zero-order valence-electron chi connectivity index (χ0n) is 24.7. The smallest absolute Gasteiger partial charge is 0.143 e. The van der Waals surface area contributed by atoms with Crippen LogP contribution in [-0.2, 0) is 0 Å². The van der Waals surface area contributed by atoms with Gasteiger partial charge in [-0.3, -0.25) is 0 Å². The second-order valence-corrected chi connectivity index (χ2v) is 11.6. The Morgan fingerprint density at radius 2 is 1.02 bits per heavy atom. The van der Waals surface area contributed by atoms with Crippen molar-refractivity contribution in [3.8, 4) is 50.6 Å². The Hall–Kier alpha value is -6.37. The molecular formula is C43H25NO2. The summed E-state index contributed by atoms with van der Waals surface area (Å²) in [7, 11) is 0. The maximum absolute atomic E-state index is 10.1. The molecule has 0 aliphatic heterocycles. The third-order valence-corrected chi connectivity index (χ3v) is 8.90. The summed E-state index contributed by atoms with van der Waals surface area (Å²) in [4.78, 5) is 0. The van der Waals surface area contributed by atoms with Crippen LogP contribution in [0.15, 0.2) is 160 Å². The van der Waals surface area contributed by atoms with E-state index < -0.39 is 0 Å². The summed E-state index contributed by atoms with van der Waals surface area (Å²) in [6, 6.07) is 54.4. The first-order valence-corrected chi connectivity index (χ1v) is 15.3. The maximum atomic E-state index is 10.1. The van der Waals surface area contributed by atoms with Gasteiger partial charge in [0.05, 0.1) is 11.6 Å². The highest BCUT2D eigenvalue weighted by atomic mass is 16.3. The van der Waals surface area contributed by atoms with E-state index in [1.807, 2.05) is 66.7 Å². The SMILES string of the molecule is N#Cc1cc(-c2ccccc2)cc(-c2cc(-c3cccc4c3oc3ccccc34)ccc2-c2ccc3c(c2)oc2ccccc23)c1. The summed E-state index contributed by atoms with van der Waals surface area (Å²) in [6.45, 7) is 0. The molecular weight excluding hydrogens is 562 g/mol. The molecule has 3 nitrogen and oxygen atoms in total. The molecule has 0 fully saturated rings. The first-order chi connectivity index (χ1) is 22.7. The van der Waals surface area contributed by atoms with E-state index in [1.54, 1.807) is 0 Å². The van der Waals surface area contributed by atoms with Gasteiger partial charge in [-0.1, -0.05) is 103 Å². The van der Waals surface area contributed by atoms with Gasteiger partial charge in [0.25, 0.3) is 0 Å². The van der Waals surface area contributed by atoms with Crippen LogP contribution < -0.4 is 0 Å². The summed E-state index contributed by atoms with van der Waals surface area (Å²) in [5.41, 5.74) is 12.3. The van der Waals surface area contributed by atoms with Crippen molar-refractivity contribution >= 4 is 43.9 Å². The van der Waals surface area contributed by atoms with E-state index in [9.17, 15) is 5.26 Å². The topological polar surface area (TPSA) is 50.1 Å². The van der Waals surface area contributed by atoms with Gasteiger partial charge in [-0.05, 0) is 87.5 Å². The highest BCUT2D eigenvalue weighted by molar-refractivity contribution is 6.10. The Morgan fingerprint density at radius 3 is 1.85 bits per heavy atom. The lowest BCUT2D eigenvalue weighted by atomic mass is 9.88. The van der Waals surface area contributed by atoms with Crippen LogP contribution in [0.2, 0.25) is 0 Å². The van der Waals surface area contributed by atoms with Gasteiger partial charge >= 0.3 is 0 Å². The summed E-state index contributed by atoms with van der Waals surface area (Å²) >= 11 is 0. The minimum Gasteiger partial charge on any atom is -0.456 e. The lowest BCUT2D eigenvalue weighted by Gasteiger charge is -2.15. The van der Waals surface area contributed by atoms with Crippen molar-refractivity contribution in [2.75, 3.05) is 0 Å². The van der Waals surface area contributed by atoms with Crippen LogP contribution in [0.1, 0.15) is 5.56 Å². The van der Waals surface area contributed by atoms with E-state index in [2.05, 4.69) is 91.0 Å². The highest BCUT2D eigenvalue weighted by Crippen LogP contribution is 2.42. The van der Waals surface area contributed by atoms with Crippen LogP contribution in [0, 0.1) is 11.3 Å². The van der Waals surface area contributed by atoms with Crippen molar-refractivity contribution in [1.29, 1.82) is 5.26 Å². The van der Waals surface area contributed by atoms with Gasteiger partial charge in [-0.25, -0.2) is 0 Å². The molecule has 9 rings (SSSR count). The van der Waals surface area contributed by atoms with Gasteiger partial charge in [0.1, 0.15) is 22.3 Å². The molecule has 0 atom stereocenters. The van der Waals surface area contributed by atoms with E-state index in [0.29, 0.717) is 5.56 Å². The van der Waals surface area contributed by atoms with Crippen molar-refractivity contribution in [1.82, 2.24) is 0 Å². The molecule has 0 aliphatic rings. The van der Waals surface area contributed by atoms with E-state index in [4.69, 9.17) is 8.83 Å². The van der Waals surface area contributed by atoms with Crippen LogP contribution >= 0.6 is 0 Å². The lowest BCUT2D eigenvalue weighted by molar-refractivity contribution is 0.669. The zero-order valence-corrected chi connectivity index (χ0v) is 24.7. The predicted octanol–water partition coefficient (Wildman–Crippen LogP) is 12.0. The van der Waals surface area contributed by atoms with Gasteiger partial charge in [-0.2, -0.15) is 5.26 Å². The summed E-state index contributed by atoms with van der Waals surface area (Å²) in [5, 5.41) is 14.5. The molecule has 0 unspecified atom stereocenters. The molecule has 0 bridgehead atoms. The Kier molecular flexibility index (Phi) is 5.88. The number of furan rings is 2. The number of nitrogens with zero attached hydrogens (tertiary/aromatic N) is 1. The number of hydrogen-bond acceptors (Lipinski definition) is 3. The fraction of sp³-hybridized carbons (Fsp3) is 0. The molecule has 9 aromatic rings. The molecule has 0 aliphatic carbocycles. The largest absolute Gasteiger partial charge is 0.456 e. The van der Waals surface area contributed by atoms with Gasteiger partial charge in [0.2, 0.25) is 0 Å². The molecule has 0 spiro atoms. The second-order valence-electron chi connectivity index (χ2n) is 11.6. The molecule has 0 amide bonds. The maximum Gasteiger partial charge on any atom is 0.143 e. The number of fused-ring (bicyclic) bond motifs is 6. The first-order valence-electron chi connectivity index (χ1n) is 15.3. The number of hydrogen-bond donors (Lipinski definition) is 0. The minimum absolute atomic E-state index is 0.611. The minimum atomic E-state index is 0.611. The van der Waals surface area contributed by atoms with Gasteiger partial charge in [0, 0.05) is 27.1 Å². The van der Waals surface area contributed by atoms with E-state index >= 15 is 0 Å². The van der Waals surface area contributed by atoms with E-state index in [0.717, 1.165) is 88.4 Å². The molecule has 0 saturated heterocycles. The Labute approximate surface area is 265 Å². The quantitative estimate of drug-likeness (QED) is 0.206. The Balaban J connectivity index is 1.30. The standard InChI is InChI=1S/C43H25NO2/c44-26-27-21-31(28-9-2-1-3-10-28)23-32(22-27)39-24-29(34-13-8-14-38-36-12-5-7-16-41(36)46-43(34)38)17-19-33(39)30-18-20-37-35-11-4-6-15-40(35)45-42(37)25-30/h1-25H. The van der Waals surface area contributed by atoms with Crippen LogP contribution in [0.3, 0.4) is 0 Å². The predicted molar refractivity (Wildman–Crippen MR) is 187 cm³/mol. The molecule has 7 aromatic carbocycles. The third kappa shape index (κ3) is 4.20. The van der Waals surface area contributed by atoms with Gasteiger partial charge < -0.3 is 8.83 Å². The molecule has 0 radical (unpaired) electrons. The molecule has 214 valence electrons. The van der Waals surface area contributed by atoms with Crippen LogP contribution in [0.5, 0.6) is 0 Å². The zero-order chi connectivity index (χ0) is 30.6. The van der Waals surface area contributed by atoms with Gasteiger partial charge in [-0.15, -0.1) is 0 Å². The number of para-hydroxylation sites is 3. The van der Waals surface area contributed by atoms with E-state index in [-0.39, 0.29) is 0 Å². The van der Waals surface area contributed by atoms with Crippen molar-refractivity contribution in [3.63, 3.8) is 0 Å². The molecule has 0 N–H and O–H groups in total. The van der Waals surface area contributed by atoms with Crippen LogP contribution in [0.25, 0.3) is 88.4 Å². The highest BCUT2D eigenvalue weighted by Gasteiger charge is 2.17. The fourth-order valence-electron chi connectivity index (χ4n) is 6.72. The second kappa shape index (κ2) is 10.4. The normalized spacial score (nSPS) is 11.5. The van der Waals surface area contributed by atoms with Crippen LogP contribution in [-0.4, -0.2) is 0 Å². The Morgan fingerprint density at radius 1 is 0.370 bits per heavy atom. The van der Waals surface area contributed by atoms with Crippen molar-refractivity contribution in [2.45, 2.75) is 0 Å². The summed E-state index contributed by atoms with van der Waals surface area (Å²) in [6.07, 6.45) is 0. The summed E-state index contributed by atoms with van der Waals surface area (Å²) < 4.78 is 12.7. The van der Waals surface area contributed by atoms with Crippen molar-refractivity contribution in [3.05, 3.63) is 157 Å². The third-order valence-electron chi connectivity index (χ3n) is 8.90. The van der Waals surface area contributed by atoms with E-state index in [1.165, 1.54) is 0 Å². The average Bonchev–Trinajstić information content (AvgIpc) is 3.69. The van der Waals surface area contributed by atoms with Gasteiger partial charge in [0.15, 0.2) is 0 Å². The first kappa shape index (κ1) is 26.1. The number of nitriles is 1. The van der Waals surface area contributed by atoms with Crippen LogP contribution in [0.4, 0.5) is 0 Å².